The zero-order chi connectivity index (χ0) is 13.2. The highest BCUT2D eigenvalue weighted by atomic mass is 16.2. The monoisotopic (exact) mass is 264 g/mol. The maximum Gasteiger partial charge on any atom is 0.219 e. The molecule has 0 spiro atoms. The van der Waals surface area contributed by atoms with Crippen LogP contribution in [0.2, 0.25) is 0 Å². The molecule has 1 saturated carbocycles. The van der Waals surface area contributed by atoms with Gasteiger partial charge in [-0.2, -0.15) is 0 Å². The molecular formula is C16H28N2O. The first-order valence-corrected chi connectivity index (χ1v) is 8.23. The molecule has 0 radical (unpaired) electrons. The van der Waals surface area contributed by atoms with Crippen LogP contribution in [0, 0.1) is 11.8 Å². The van der Waals surface area contributed by atoms with Crippen LogP contribution in [-0.2, 0) is 4.79 Å². The fourth-order valence-corrected chi connectivity index (χ4v) is 4.28. The number of carbonyl (C=O) groups is 1. The lowest BCUT2D eigenvalue weighted by molar-refractivity contribution is -0.131. The van der Waals surface area contributed by atoms with Crippen LogP contribution in [0.25, 0.3) is 0 Å². The fraction of sp³-hybridized carbons (Fsp3) is 0.938. The third-order valence-corrected chi connectivity index (χ3v) is 5.68. The van der Waals surface area contributed by atoms with E-state index < -0.39 is 0 Å². The summed E-state index contributed by atoms with van der Waals surface area (Å²) in [5, 5.41) is 0. The predicted molar refractivity (Wildman–Crippen MR) is 76.9 cm³/mol. The second kappa shape index (κ2) is 5.82. The zero-order valence-corrected chi connectivity index (χ0v) is 12.3. The molecule has 19 heavy (non-hydrogen) atoms. The minimum Gasteiger partial charge on any atom is -0.343 e. The average molecular weight is 264 g/mol. The number of likely N-dealkylation sites (tertiary alicyclic amines) is 2. The van der Waals surface area contributed by atoms with Crippen LogP contribution >= 0.6 is 0 Å². The first-order chi connectivity index (χ1) is 9.24. The Balaban J connectivity index is 1.40. The Morgan fingerprint density at radius 3 is 2.11 bits per heavy atom. The first-order valence-electron chi connectivity index (χ1n) is 8.23. The number of piperidine rings is 1. The summed E-state index contributed by atoms with van der Waals surface area (Å²) in [7, 11) is 0. The van der Waals surface area contributed by atoms with E-state index in [1.54, 1.807) is 6.92 Å². The van der Waals surface area contributed by atoms with Crippen molar-refractivity contribution in [3.05, 3.63) is 0 Å². The lowest BCUT2D eigenvalue weighted by Crippen LogP contribution is -2.56. The zero-order valence-electron chi connectivity index (χ0n) is 12.3. The van der Waals surface area contributed by atoms with Gasteiger partial charge in [-0.3, -0.25) is 9.69 Å². The van der Waals surface area contributed by atoms with Crippen molar-refractivity contribution in [2.45, 2.75) is 57.9 Å². The maximum atomic E-state index is 11.3. The van der Waals surface area contributed by atoms with Crippen LogP contribution < -0.4 is 0 Å². The standard InChI is InChI=1S/C16H28N2O/c1-13(19)17-9-7-14(8-10-17)15-11-18(12-15)16-5-3-2-4-6-16/h14-16H,2-12H2,1H3. The summed E-state index contributed by atoms with van der Waals surface area (Å²) in [5.74, 6) is 2.07. The summed E-state index contributed by atoms with van der Waals surface area (Å²) in [6.45, 7) is 6.39. The summed E-state index contributed by atoms with van der Waals surface area (Å²) < 4.78 is 0. The number of amides is 1. The molecule has 3 nitrogen and oxygen atoms in total. The number of rotatable bonds is 2. The van der Waals surface area contributed by atoms with Crippen molar-refractivity contribution in [1.29, 1.82) is 0 Å². The van der Waals surface area contributed by atoms with E-state index in [2.05, 4.69) is 4.90 Å². The van der Waals surface area contributed by atoms with Crippen LogP contribution in [0.15, 0.2) is 0 Å². The third kappa shape index (κ3) is 2.96. The Morgan fingerprint density at radius 1 is 0.895 bits per heavy atom. The SMILES string of the molecule is CC(=O)N1CCC(C2CN(C3CCCCC3)C2)CC1. The smallest absolute Gasteiger partial charge is 0.219 e. The molecule has 1 aliphatic carbocycles. The van der Waals surface area contributed by atoms with Gasteiger partial charge in [0.25, 0.3) is 0 Å². The molecule has 0 unspecified atom stereocenters. The van der Waals surface area contributed by atoms with E-state index in [0.717, 1.165) is 31.0 Å². The average Bonchev–Trinajstić information content (AvgIpc) is 2.39. The van der Waals surface area contributed by atoms with Gasteiger partial charge in [-0.15, -0.1) is 0 Å². The minimum atomic E-state index is 0.260. The van der Waals surface area contributed by atoms with Gasteiger partial charge in [-0.25, -0.2) is 0 Å². The summed E-state index contributed by atoms with van der Waals surface area (Å²) in [6.07, 6.45) is 9.71. The molecule has 0 bridgehead atoms. The molecule has 3 fully saturated rings. The van der Waals surface area contributed by atoms with E-state index in [4.69, 9.17) is 0 Å². The molecule has 0 atom stereocenters. The van der Waals surface area contributed by atoms with Crippen molar-refractivity contribution in [3.8, 4) is 0 Å². The third-order valence-electron chi connectivity index (χ3n) is 5.68. The normalized spacial score (nSPS) is 28.4. The molecule has 0 aromatic carbocycles. The largest absolute Gasteiger partial charge is 0.343 e. The predicted octanol–water partition coefficient (Wildman–Crippen LogP) is 2.51. The Bertz CT molecular complexity index is 311. The molecule has 2 saturated heterocycles. The molecule has 2 heterocycles. The van der Waals surface area contributed by atoms with E-state index in [1.165, 1.54) is 58.0 Å². The van der Waals surface area contributed by atoms with E-state index in [-0.39, 0.29) is 5.91 Å². The van der Waals surface area contributed by atoms with Gasteiger partial charge in [-0.1, -0.05) is 19.3 Å². The second-order valence-corrected chi connectivity index (χ2v) is 6.85. The van der Waals surface area contributed by atoms with E-state index in [0.29, 0.717) is 0 Å². The Morgan fingerprint density at radius 2 is 1.53 bits per heavy atom. The Hall–Kier alpha value is -0.570. The number of carbonyl (C=O) groups excluding carboxylic acids is 1. The molecule has 3 rings (SSSR count). The van der Waals surface area contributed by atoms with Crippen molar-refractivity contribution in [3.63, 3.8) is 0 Å². The van der Waals surface area contributed by atoms with E-state index >= 15 is 0 Å². The van der Waals surface area contributed by atoms with E-state index in [1.807, 2.05) is 4.90 Å². The molecular weight excluding hydrogens is 236 g/mol. The summed E-state index contributed by atoms with van der Waals surface area (Å²) in [6, 6.07) is 0.905. The van der Waals surface area contributed by atoms with Crippen molar-refractivity contribution in [1.82, 2.24) is 9.80 Å². The first kappa shape index (κ1) is 13.4. The van der Waals surface area contributed by atoms with Crippen LogP contribution in [-0.4, -0.2) is 47.9 Å². The molecule has 0 aromatic rings. The van der Waals surface area contributed by atoms with Crippen molar-refractivity contribution in [2.75, 3.05) is 26.2 Å². The molecule has 108 valence electrons. The highest BCUT2D eigenvalue weighted by Gasteiger charge is 2.38. The number of nitrogens with zero attached hydrogens (tertiary/aromatic N) is 2. The summed E-state index contributed by atoms with van der Waals surface area (Å²) in [5.41, 5.74) is 0. The topological polar surface area (TPSA) is 23.6 Å². The van der Waals surface area contributed by atoms with Crippen molar-refractivity contribution >= 4 is 5.91 Å². The van der Waals surface area contributed by atoms with Crippen molar-refractivity contribution < 1.29 is 4.79 Å². The van der Waals surface area contributed by atoms with E-state index in [9.17, 15) is 4.79 Å². The van der Waals surface area contributed by atoms with Crippen LogP contribution in [0.1, 0.15) is 51.9 Å². The quantitative estimate of drug-likeness (QED) is 0.765. The van der Waals surface area contributed by atoms with Gasteiger partial charge in [0.2, 0.25) is 5.91 Å². The van der Waals surface area contributed by atoms with Crippen LogP contribution in [0.5, 0.6) is 0 Å². The minimum absolute atomic E-state index is 0.260. The molecule has 2 aliphatic heterocycles. The van der Waals surface area contributed by atoms with Gasteiger partial charge in [0.05, 0.1) is 0 Å². The van der Waals surface area contributed by atoms with Crippen molar-refractivity contribution in [2.24, 2.45) is 11.8 Å². The summed E-state index contributed by atoms with van der Waals surface area (Å²) >= 11 is 0. The number of hydrogen-bond donors (Lipinski definition) is 0. The van der Waals surface area contributed by atoms with Gasteiger partial charge >= 0.3 is 0 Å². The summed E-state index contributed by atoms with van der Waals surface area (Å²) in [4.78, 5) is 16.1. The maximum absolute atomic E-state index is 11.3. The molecule has 0 N–H and O–H groups in total. The Kier molecular flexibility index (Phi) is 4.11. The number of hydrogen-bond acceptors (Lipinski definition) is 2. The van der Waals surface area contributed by atoms with Crippen LogP contribution in [0.3, 0.4) is 0 Å². The van der Waals surface area contributed by atoms with Gasteiger partial charge < -0.3 is 4.90 Å². The molecule has 3 heteroatoms. The lowest BCUT2D eigenvalue weighted by Gasteiger charge is -2.50. The Labute approximate surface area is 117 Å². The van der Waals surface area contributed by atoms with Crippen LogP contribution in [0.4, 0.5) is 0 Å². The molecule has 0 aromatic heterocycles. The lowest BCUT2D eigenvalue weighted by atomic mass is 9.78. The highest BCUT2D eigenvalue weighted by Crippen LogP contribution is 2.35. The molecule has 3 aliphatic rings. The molecule has 1 amide bonds. The highest BCUT2D eigenvalue weighted by molar-refractivity contribution is 5.73. The van der Waals surface area contributed by atoms with Gasteiger partial charge in [-0.05, 0) is 37.5 Å². The van der Waals surface area contributed by atoms with Gasteiger partial charge in [0.1, 0.15) is 0 Å². The second-order valence-electron chi connectivity index (χ2n) is 6.85. The fourth-order valence-electron chi connectivity index (χ4n) is 4.28. The van der Waals surface area contributed by atoms with Gasteiger partial charge in [0, 0.05) is 39.1 Å². The van der Waals surface area contributed by atoms with Gasteiger partial charge in [0.15, 0.2) is 0 Å².